The Morgan fingerprint density at radius 2 is 1.89 bits per heavy atom. The van der Waals surface area contributed by atoms with Gasteiger partial charge in [-0.2, -0.15) is 0 Å². The van der Waals surface area contributed by atoms with Crippen LogP contribution in [0.15, 0.2) is 48.5 Å². The molecule has 3 rings (SSSR count). The summed E-state index contributed by atoms with van der Waals surface area (Å²) in [6.45, 7) is 3.76. The molecule has 1 heterocycles. The lowest BCUT2D eigenvalue weighted by Gasteiger charge is -2.20. The highest BCUT2D eigenvalue weighted by Gasteiger charge is 2.29. The molecule has 0 fully saturated rings. The Labute approximate surface area is 113 Å². The predicted molar refractivity (Wildman–Crippen MR) is 75.7 cm³/mol. The fraction of sp³-hybridized carbons (Fsp3) is 0.235. The minimum Gasteiger partial charge on any atom is -0.301 e. The van der Waals surface area contributed by atoms with E-state index in [1.165, 1.54) is 16.7 Å². The first-order valence-corrected chi connectivity index (χ1v) is 6.60. The molecule has 0 saturated carbocycles. The zero-order chi connectivity index (χ0) is 13.2. The maximum atomic E-state index is 11.4. The van der Waals surface area contributed by atoms with Gasteiger partial charge in [-0.15, -0.1) is 0 Å². The van der Waals surface area contributed by atoms with E-state index in [1.807, 2.05) is 12.1 Å². The number of aryl methyl sites for hydroxylation is 1. The molecule has 0 aliphatic carbocycles. The molecule has 0 N–H and O–H groups in total. The summed E-state index contributed by atoms with van der Waals surface area (Å²) in [5.74, 6) is 0. The summed E-state index contributed by atoms with van der Waals surface area (Å²) in [4.78, 5) is 13.6. The van der Waals surface area contributed by atoms with Crippen molar-refractivity contribution in [3.8, 4) is 0 Å². The van der Waals surface area contributed by atoms with E-state index < -0.39 is 0 Å². The minimum atomic E-state index is -0.0995. The molecule has 0 bridgehead atoms. The van der Waals surface area contributed by atoms with Crippen molar-refractivity contribution in [1.82, 2.24) is 4.90 Å². The maximum absolute atomic E-state index is 11.4. The first-order valence-electron chi connectivity index (χ1n) is 6.60. The third-order valence-corrected chi connectivity index (χ3v) is 3.78. The Hall–Kier alpha value is -1.93. The molecule has 1 aliphatic heterocycles. The lowest BCUT2D eigenvalue weighted by atomic mass is 10.1. The van der Waals surface area contributed by atoms with Gasteiger partial charge in [-0.05, 0) is 23.6 Å². The number of hydrogen-bond acceptors (Lipinski definition) is 2. The van der Waals surface area contributed by atoms with E-state index in [2.05, 4.69) is 48.2 Å². The van der Waals surface area contributed by atoms with Crippen LogP contribution in [0.5, 0.6) is 0 Å². The summed E-state index contributed by atoms with van der Waals surface area (Å²) >= 11 is 0. The number of carbonyl (C=O) groups is 1. The van der Waals surface area contributed by atoms with Gasteiger partial charge in [0.25, 0.3) is 0 Å². The van der Waals surface area contributed by atoms with Crippen LogP contribution in [0, 0.1) is 6.92 Å². The third kappa shape index (κ3) is 2.32. The van der Waals surface area contributed by atoms with Gasteiger partial charge in [0.15, 0.2) is 0 Å². The van der Waals surface area contributed by atoms with Gasteiger partial charge >= 0.3 is 0 Å². The van der Waals surface area contributed by atoms with Gasteiger partial charge < -0.3 is 4.79 Å². The van der Waals surface area contributed by atoms with Crippen molar-refractivity contribution in [2.24, 2.45) is 0 Å². The van der Waals surface area contributed by atoms with Crippen molar-refractivity contribution in [2.75, 3.05) is 0 Å². The highest BCUT2D eigenvalue weighted by molar-refractivity contribution is 5.64. The van der Waals surface area contributed by atoms with Crippen LogP contribution in [0.1, 0.15) is 28.3 Å². The van der Waals surface area contributed by atoms with Gasteiger partial charge in [0.2, 0.25) is 0 Å². The molecule has 0 saturated heterocycles. The molecule has 1 atom stereocenters. The van der Waals surface area contributed by atoms with Crippen LogP contribution in [0.3, 0.4) is 0 Å². The molecule has 2 aromatic carbocycles. The van der Waals surface area contributed by atoms with Crippen LogP contribution >= 0.6 is 0 Å². The summed E-state index contributed by atoms with van der Waals surface area (Å²) < 4.78 is 0. The van der Waals surface area contributed by atoms with Crippen LogP contribution in [0.2, 0.25) is 0 Å². The van der Waals surface area contributed by atoms with Crippen LogP contribution in [0.25, 0.3) is 0 Å². The van der Waals surface area contributed by atoms with Crippen LogP contribution in [-0.2, 0) is 17.9 Å². The zero-order valence-electron chi connectivity index (χ0n) is 11.0. The van der Waals surface area contributed by atoms with Crippen molar-refractivity contribution in [3.05, 3.63) is 70.8 Å². The van der Waals surface area contributed by atoms with Gasteiger partial charge in [0.05, 0.1) is 6.04 Å². The van der Waals surface area contributed by atoms with Gasteiger partial charge in [-0.1, -0.05) is 54.1 Å². The molecular formula is C17H17NO. The number of fused-ring (bicyclic) bond motifs is 1. The topological polar surface area (TPSA) is 20.3 Å². The van der Waals surface area contributed by atoms with Crippen molar-refractivity contribution < 1.29 is 4.79 Å². The fourth-order valence-electron chi connectivity index (χ4n) is 2.72. The smallest absolute Gasteiger partial charge is 0.141 e. The number of benzene rings is 2. The number of nitrogens with zero attached hydrogens (tertiary/aromatic N) is 1. The maximum Gasteiger partial charge on any atom is 0.141 e. The molecule has 0 amide bonds. The number of rotatable bonds is 3. The third-order valence-electron chi connectivity index (χ3n) is 3.78. The first-order chi connectivity index (χ1) is 9.28. The molecular weight excluding hydrogens is 234 g/mol. The summed E-state index contributed by atoms with van der Waals surface area (Å²) in [7, 11) is 0. The molecule has 1 unspecified atom stereocenters. The Morgan fingerprint density at radius 3 is 2.63 bits per heavy atom. The molecule has 2 aromatic rings. The molecule has 0 spiro atoms. The van der Waals surface area contributed by atoms with E-state index in [4.69, 9.17) is 0 Å². The van der Waals surface area contributed by atoms with E-state index in [-0.39, 0.29) is 6.04 Å². The van der Waals surface area contributed by atoms with Gasteiger partial charge in [-0.3, -0.25) is 4.90 Å². The molecule has 1 aliphatic rings. The van der Waals surface area contributed by atoms with E-state index in [0.717, 1.165) is 24.9 Å². The zero-order valence-corrected chi connectivity index (χ0v) is 11.0. The molecule has 96 valence electrons. The molecule has 2 nitrogen and oxygen atoms in total. The highest BCUT2D eigenvalue weighted by Crippen LogP contribution is 2.33. The largest absolute Gasteiger partial charge is 0.301 e. The SMILES string of the molecule is Cc1ccc(CN2Cc3ccccc3C2C=O)cc1. The standard InChI is InChI=1S/C17H17NO/c1-13-6-8-14(9-7-13)10-18-11-15-4-2-3-5-16(15)17(18)12-19/h2-9,12,17H,10-11H2,1H3. The normalized spacial score (nSPS) is 18.3. The van der Waals surface area contributed by atoms with E-state index >= 15 is 0 Å². The molecule has 2 heteroatoms. The Kier molecular flexibility index (Phi) is 3.18. The highest BCUT2D eigenvalue weighted by atomic mass is 16.1. The lowest BCUT2D eigenvalue weighted by Crippen LogP contribution is -2.22. The lowest BCUT2D eigenvalue weighted by molar-refractivity contribution is -0.112. The second-order valence-electron chi connectivity index (χ2n) is 5.17. The summed E-state index contributed by atoms with van der Waals surface area (Å²) in [6, 6.07) is 16.6. The Balaban J connectivity index is 1.83. The van der Waals surface area contributed by atoms with Crippen molar-refractivity contribution in [2.45, 2.75) is 26.1 Å². The Morgan fingerprint density at radius 1 is 1.16 bits per heavy atom. The minimum absolute atomic E-state index is 0.0995. The van der Waals surface area contributed by atoms with Crippen LogP contribution < -0.4 is 0 Å². The van der Waals surface area contributed by atoms with Gasteiger partial charge in [0.1, 0.15) is 6.29 Å². The van der Waals surface area contributed by atoms with Crippen molar-refractivity contribution >= 4 is 6.29 Å². The molecule has 0 radical (unpaired) electrons. The van der Waals surface area contributed by atoms with Crippen molar-refractivity contribution in [3.63, 3.8) is 0 Å². The van der Waals surface area contributed by atoms with E-state index in [1.54, 1.807) is 0 Å². The predicted octanol–water partition coefficient (Wildman–Crippen LogP) is 3.25. The summed E-state index contributed by atoms with van der Waals surface area (Å²) in [6.07, 6.45) is 1.06. The molecule has 19 heavy (non-hydrogen) atoms. The number of carbonyl (C=O) groups excluding carboxylic acids is 1. The summed E-state index contributed by atoms with van der Waals surface area (Å²) in [5, 5.41) is 0. The summed E-state index contributed by atoms with van der Waals surface area (Å²) in [5.41, 5.74) is 4.95. The quantitative estimate of drug-likeness (QED) is 0.780. The second-order valence-corrected chi connectivity index (χ2v) is 5.17. The molecule has 0 aromatic heterocycles. The average Bonchev–Trinajstić information content (AvgIpc) is 2.78. The van der Waals surface area contributed by atoms with Crippen LogP contribution in [-0.4, -0.2) is 11.2 Å². The number of aldehydes is 1. The number of hydrogen-bond donors (Lipinski definition) is 0. The fourth-order valence-corrected chi connectivity index (χ4v) is 2.72. The van der Waals surface area contributed by atoms with E-state index in [9.17, 15) is 4.79 Å². The van der Waals surface area contributed by atoms with E-state index in [0.29, 0.717) is 0 Å². The Bertz CT molecular complexity index is 588. The van der Waals surface area contributed by atoms with Crippen molar-refractivity contribution in [1.29, 1.82) is 0 Å². The monoisotopic (exact) mass is 251 g/mol. The second kappa shape index (κ2) is 4.98. The van der Waals surface area contributed by atoms with Gasteiger partial charge in [-0.25, -0.2) is 0 Å². The van der Waals surface area contributed by atoms with Crippen LogP contribution in [0.4, 0.5) is 0 Å². The first kappa shape index (κ1) is 12.1. The average molecular weight is 251 g/mol. The van der Waals surface area contributed by atoms with Gasteiger partial charge in [0, 0.05) is 13.1 Å².